The second-order valence-corrected chi connectivity index (χ2v) is 5.26. The molecule has 0 radical (unpaired) electrons. The maximum absolute atomic E-state index is 13.0. The molecule has 0 aromatic heterocycles. The van der Waals surface area contributed by atoms with Crippen molar-refractivity contribution in [3.8, 4) is 0 Å². The summed E-state index contributed by atoms with van der Waals surface area (Å²) in [4.78, 5) is 36.4. The molecule has 1 N–H and O–H groups in total. The Morgan fingerprint density at radius 2 is 1.54 bits per heavy atom. The summed E-state index contributed by atoms with van der Waals surface area (Å²) >= 11 is 0. The smallest absolute Gasteiger partial charge is 0.244 e. The number of rotatable bonds is 5. The number of hydrogen-bond acceptors (Lipinski definition) is 3. The summed E-state index contributed by atoms with van der Waals surface area (Å²) in [7, 11) is 0. The summed E-state index contributed by atoms with van der Waals surface area (Å²) in [5, 5.41) is 2.66. The number of carbonyl (C=O) groups excluding carboxylic acids is 3. The van der Waals surface area contributed by atoms with E-state index in [1.54, 1.807) is 24.3 Å². The average Bonchev–Trinajstić information content (AvgIpc) is 2.54. The molecule has 124 valence electrons. The van der Waals surface area contributed by atoms with Crippen LogP contribution in [0.15, 0.2) is 48.5 Å². The molecule has 0 saturated heterocycles. The number of Topliss-reactive ketones (excluding diaryl/α,β-unsaturated/α-hetero) is 1. The largest absolute Gasteiger partial charge is 0.325 e. The van der Waals surface area contributed by atoms with Crippen LogP contribution in [-0.4, -0.2) is 24.1 Å². The molecule has 2 aromatic carbocycles. The minimum Gasteiger partial charge on any atom is -0.325 e. The highest BCUT2D eigenvalue weighted by Crippen LogP contribution is 2.16. The van der Waals surface area contributed by atoms with Crippen molar-refractivity contribution in [2.24, 2.45) is 0 Å². The molecule has 0 atom stereocenters. The van der Waals surface area contributed by atoms with Gasteiger partial charge in [-0.05, 0) is 55.5 Å². The summed E-state index contributed by atoms with van der Waals surface area (Å²) in [6.45, 7) is 2.59. The Kier molecular flexibility index (Phi) is 5.42. The van der Waals surface area contributed by atoms with Gasteiger partial charge in [-0.25, -0.2) is 4.39 Å². The zero-order chi connectivity index (χ0) is 17.7. The molecule has 0 spiro atoms. The minimum absolute atomic E-state index is 0.0630. The van der Waals surface area contributed by atoms with Crippen molar-refractivity contribution in [1.82, 2.24) is 0 Å². The quantitative estimate of drug-likeness (QED) is 0.858. The van der Waals surface area contributed by atoms with Crippen LogP contribution in [0.1, 0.15) is 24.2 Å². The summed E-state index contributed by atoms with van der Waals surface area (Å²) in [5.41, 5.74) is 1.50. The van der Waals surface area contributed by atoms with Gasteiger partial charge in [-0.2, -0.15) is 0 Å². The van der Waals surface area contributed by atoms with Crippen LogP contribution in [0.4, 0.5) is 15.8 Å². The first-order valence-corrected chi connectivity index (χ1v) is 7.31. The van der Waals surface area contributed by atoms with Crippen molar-refractivity contribution in [3.05, 3.63) is 59.9 Å². The minimum atomic E-state index is -0.419. The monoisotopic (exact) mass is 328 g/mol. The fraction of sp³-hybridized carbons (Fsp3) is 0.167. The highest BCUT2D eigenvalue weighted by Gasteiger charge is 2.16. The van der Waals surface area contributed by atoms with Crippen molar-refractivity contribution in [2.45, 2.75) is 13.8 Å². The zero-order valence-corrected chi connectivity index (χ0v) is 13.4. The molecule has 0 fully saturated rings. The van der Waals surface area contributed by atoms with Crippen molar-refractivity contribution in [1.29, 1.82) is 0 Å². The molecule has 5 nitrogen and oxygen atoms in total. The SMILES string of the molecule is CC(=O)c1ccc(NC(=O)CN(C(C)=O)c2ccc(F)cc2)cc1. The number of anilines is 2. The van der Waals surface area contributed by atoms with E-state index in [2.05, 4.69) is 5.32 Å². The van der Waals surface area contributed by atoms with Gasteiger partial charge in [-0.1, -0.05) is 0 Å². The molecule has 0 aliphatic carbocycles. The normalized spacial score (nSPS) is 10.1. The summed E-state index contributed by atoms with van der Waals surface area (Å²) < 4.78 is 13.0. The molecule has 2 aromatic rings. The van der Waals surface area contributed by atoms with Gasteiger partial charge < -0.3 is 10.2 Å². The summed E-state index contributed by atoms with van der Waals surface area (Å²) in [5.74, 6) is -1.21. The molecule has 2 rings (SSSR count). The number of ketones is 1. The molecular weight excluding hydrogens is 311 g/mol. The van der Waals surface area contributed by atoms with Gasteiger partial charge in [-0.15, -0.1) is 0 Å². The van der Waals surface area contributed by atoms with Crippen molar-refractivity contribution >= 4 is 29.0 Å². The molecule has 0 bridgehead atoms. The lowest BCUT2D eigenvalue weighted by Gasteiger charge is -2.20. The van der Waals surface area contributed by atoms with Crippen molar-refractivity contribution in [2.75, 3.05) is 16.8 Å². The molecule has 0 aliphatic heterocycles. The molecule has 0 heterocycles. The highest BCUT2D eigenvalue weighted by atomic mass is 19.1. The van der Waals surface area contributed by atoms with E-state index in [1.165, 1.54) is 43.0 Å². The second kappa shape index (κ2) is 7.50. The predicted octanol–water partition coefficient (Wildman–Crippen LogP) is 3.02. The predicted molar refractivity (Wildman–Crippen MR) is 89.5 cm³/mol. The van der Waals surface area contributed by atoms with Gasteiger partial charge in [0.1, 0.15) is 12.4 Å². The van der Waals surface area contributed by atoms with Gasteiger partial charge in [-0.3, -0.25) is 14.4 Å². The lowest BCUT2D eigenvalue weighted by Crippen LogP contribution is -2.36. The maximum Gasteiger partial charge on any atom is 0.244 e. The van der Waals surface area contributed by atoms with Crippen LogP contribution in [0.5, 0.6) is 0 Å². The van der Waals surface area contributed by atoms with Crippen LogP contribution >= 0.6 is 0 Å². The van der Waals surface area contributed by atoms with Crippen LogP contribution in [-0.2, 0) is 9.59 Å². The number of benzene rings is 2. The third-order valence-corrected chi connectivity index (χ3v) is 3.40. The number of amides is 2. The van der Waals surface area contributed by atoms with Gasteiger partial charge >= 0.3 is 0 Å². The number of nitrogens with one attached hydrogen (secondary N) is 1. The van der Waals surface area contributed by atoms with Gasteiger partial charge in [0.15, 0.2) is 5.78 Å². The van der Waals surface area contributed by atoms with Crippen LogP contribution in [0, 0.1) is 5.82 Å². The van der Waals surface area contributed by atoms with E-state index in [4.69, 9.17) is 0 Å². The standard InChI is InChI=1S/C18H17FN2O3/c1-12(22)14-3-7-16(8-4-14)20-18(24)11-21(13(2)23)17-9-5-15(19)6-10-17/h3-10H,11H2,1-2H3,(H,20,24). The fourth-order valence-corrected chi connectivity index (χ4v) is 2.14. The van der Waals surface area contributed by atoms with E-state index in [0.717, 1.165) is 0 Å². The Morgan fingerprint density at radius 3 is 2.04 bits per heavy atom. The average molecular weight is 328 g/mol. The number of hydrogen-bond donors (Lipinski definition) is 1. The first kappa shape index (κ1) is 17.3. The topological polar surface area (TPSA) is 66.5 Å². The van der Waals surface area contributed by atoms with Crippen molar-refractivity contribution in [3.63, 3.8) is 0 Å². The molecule has 24 heavy (non-hydrogen) atoms. The Bertz CT molecular complexity index is 755. The number of halogens is 1. The van der Waals surface area contributed by atoms with Crippen LogP contribution < -0.4 is 10.2 Å². The summed E-state index contributed by atoms with van der Waals surface area (Å²) in [6.07, 6.45) is 0. The van der Waals surface area contributed by atoms with E-state index in [-0.39, 0.29) is 18.2 Å². The molecular formula is C18H17FN2O3. The van der Waals surface area contributed by atoms with Gasteiger partial charge in [0, 0.05) is 23.9 Å². The van der Waals surface area contributed by atoms with Crippen molar-refractivity contribution < 1.29 is 18.8 Å². The van der Waals surface area contributed by atoms with Crippen LogP contribution in [0.25, 0.3) is 0 Å². The van der Waals surface area contributed by atoms with Crippen LogP contribution in [0.2, 0.25) is 0 Å². The van der Waals surface area contributed by atoms with E-state index >= 15 is 0 Å². The van der Waals surface area contributed by atoms with Gasteiger partial charge in [0.05, 0.1) is 0 Å². The lowest BCUT2D eigenvalue weighted by molar-refractivity contribution is -0.120. The molecule has 0 aliphatic rings. The van der Waals surface area contributed by atoms with Crippen LogP contribution in [0.3, 0.4) is 0 Å². The van der Waals surface area contributed by atoms with E-state index < -0.39 is 11.7 Å². The van der Waals surface area contributed by atoms with E-state index in [9.17, 15) is 18.8 Å². The lowest BCUT2D eigenvalue weighted by atomic mass is 10.1. The summed E-state index contributed by atoms with van der Waals surface area (Å²) in [6, 6.07) is 11.8. The first-order valence-electron chi connectivity index (χ1n) is 7.31. The molecule has 2 amide bonds. The number of nitrogens with zero attached hydrogens (tertiary/aromatic N) is 1. The molecule has 0 unspecified atom stereocenters. The molecule has 0 saturated carbocycles. The Labute approximate surface area is 139 Å². The van der Waals surface area contributed by atoms with E-state index in [0.29, 0.717) is 16.9 Å². The van der Waals surface area contributed by atoms with Gasteiger partial charge in [0.25, 0.3) is 0 Å². The van der Waals surface area contributed by atoms with E-state index in [1.807, 2.05) is 0 Å². The second-order valence-electron chi connectivity index (χ2n) is 5.26. The third kappa shape index (κ3) is 4.49. The first-order chi connectivity index (χ1) is 11.4. The third-order valence-electron chi connectivity index (χ3n) is 3.40. The number of carbonyl (C=O) groups is 3. The Balaban J connectivity index is 2.06. The maximum atomic E-state index is 13.0. The zero-order valence-electron chi connectivity index (χ0n) is 13.4. The Hall–Kier alpha value is -3.02. The highest BCUT2D eigenvalue weighted by molar-refractivity contribution is 6.02. The fourth-order valence-electron chi connectivity index (χ4n) is 2.14. The Morgan fingerprint density at radius 1 is 0.958 bits per heavy atom. The van der Waals surface area contributed by atoms with Gasteiger partial charge in [0.2, 0.25) is 11.8 Å². The molecule has 6 heteroatoms.